The molecule has 0 bridgehead atoms. The van der Waals surface area contributed by atoms with Crippen LogP contribution in [0.4, 0.5) is 4.79 Å². The summed E-state index contributed by atoms with van der Waals surface area (Å²) in [6, 6.07) is -0.316. The number of amides is 2. The molecule has 20 heavy (non-hydrogen) atoms. The number of rotatable bonds is 7. The smallest absolute Gasteiger partial charge is 0.318 e. The molecular formula is C13H21N3O3S. The summed E-state index contributed by atoms with van der Waals surface area (Å²) in [6.07, 6.45) is 2.22. The Labute approximate surface area is 122 Å². The number of aliphatic carboxylic acids is 1. The Balaban J connectivity index is 2.53. The summed E-state index contributed by atoms with van der Waals surface area (Å²) in [5.74, 6) is -0.842. The molecule has 0 radical (unpaired) electrons. The Morgan fingerprint density at radius 1 is 1.45 bits per heavy atom. The van der Waals surface area contributed by atoms with Gasteiger partial charge in [0.05, 0.1) is 6.04 Å². The largest absolute Gasteiger partial charge is 0.481 e. The van der Waals surface area contributed by atoms with E-state index in [9.17, 15) is 9.59 Å². The molecule has 0 spiro atoms. The van der Waals surface area contributed by atoms with Crippen LogP contribution < -0.4 is 5.32 Å². The minimum Gasteiger partial charge on any atom is -0.481 e. The zero-order valence-electron chi connectivity index (χ0n) is 12.0. The second-order valence-corrected chi connectivity index (χ2v) is 5.75. The van der Waals surface area contributed by atoms with Crippen LogP contribution in [0.25, 0.3) is 0 Å². The number of thiazole rings is 1. The Hall–Kier alpha value is -1.63. The Morgan fingerprint density at radius 2 is 2.15 bits per heavy atom. The number of urea groups is 1. The fourth-order valence-corrected chi connectivity index (χ4v) is 2.42. The standard InChI is InChI=1S/C13H21N3O3S/c1-9(2)16(7-4-5-11(17)18)13(19)15-10(3)12-14-6-8-20-12/h6,8-10H,4-5,7H2,1-3H3,(H,15,19)(H,17,18). The molecule has 1 rings (SSSR count). The number of carbonyl (C=O) groups excluding carboxylic acids is 1. The van der Waals surface area contributed by atoms with Crippen molar-refractivity contribution in [3.63, 3.8) is 0 Å². The quantitative estimate of drug-likeness (QED) is 0.810. The van der Waals surface area contributed by atoms with Crippen LogP contribution in [-0.4, -0.2) is 39.6 Å². The zero-order valence-corrected chi connectivity index (χ0v) is 12.8. The van der Waals surface area contributed by atoms with Crippen LogP contribution in [0, 0.1) is 0 Å². The van der Waals surface area contributed by atoms with Crippen LogP contribution in [0.2, 0.25) is 0 Å². The molecule has 0 aromatic carbocycles. The summed E-state index contributed by atoms with van der Waals surface area (Å²) in [7, 11) is 0. The second kappa shape index (κ2) is 7.84. The van der Waals surface area contributed by atoms with Crippen LogP contribution in [0.1, 0.15) is 44.7 Å². The number of carboxylic acid groups (broad SMARTS) is 1. The van der Waals surface area contributed by atoms with Gasteiger partial charge in [0.2, 0.25) is 0 Å². The van der Waals surface area contributed by atoms with E-state index >= 15 is 0 Å². The molecule has 1 aromatic rings. The molecule has 7 heteroatoms. The minimum absolute atomic E-state index is 0.0206. The number of nitrogens with zero attached hydrogens (tertiary/aromatic N) is 2. The number of carbonyl (C=O) groups is 2. The molecule has 0 aliphatic rings. The highest BCUT2D eigenvalue weighted by Crippen LogP contribution is 2.15. The van der Waals surface area contributed by atoms with Crippen LogP contribution in [0.5, 0.6) is 0 Å². The molecule has 1 unspecified atom stereocenters. The fraction of sp³-hybridized carbons (Fsp3) is 0.615. The highest BCUT2D eigenvalue weighted by atomic mass is 32.1. The van der Waals surface area contributed by atoms with Crippen molar-refractivity contribution >= 4 is 23.3 Å². The molecule has 0 saturated carbocycles. The predicted molar refractivity (Wildman–Crippen MR) is 77.8 cm³/mol. The summed E-state index contributed by atoms with van der Waals surface area (Å²) in [5.41, 5.74) is 0. The van der Waals surface area contributed by atoms with E-state index in [1.54, 1.807) is 11.1 Å². The first-order valence-corrected chi connectivity index (χ1v) is 7.48. The Morgan fingerprint density at radius 3 is 2.65 bits per heavy atom. The monoisotopic (exact) mass is 299 g/mol. The maximum atomic E-state index is 12.2. The van der Waals surface area contributed by atoms with Gasteiger partial charge in [0.1, 0.15) is 5.01 Å². The van der Waals surface area contributed by atoms with E-state index in [-0.39, 0.29) is 24.5 Å². The van der Waals surface area contributed by atoms with Crippen molar-refractivity contribution in [2.75, 3.05) is 6.54 Å². The molecule has 0 aliphatic carbocycles. The summed E-state index contributed by atoms with van der Waals surface area (Å²) >= 11 is 1.49. The van der Waals surface area contributed by atoms with Gasteiger partial charge in [0.15, 0.2) is 0 Å². The van der Waals surface area contributed by atoms with Gasteiger partial charge >= 0.3 is 12.0 Å². The van der Waals surface area contributed by atoms with E-state index in [1.165, 1.54) is 11.3 Å². The molecular weight excluding hydrogens is 278 g/mol. The van der Waals surface area contributed by atoms with Crippen LogP contribution in [0.15, 0.2) is 11.6 Å². The lowest BCUT2D eigenvalue weighted by Crippen LogP contribution is -2.45. The first-order chi connectivity index (χ1) is 9.41. The number of hydrogen-bond donors (Lipinski definition) is 2. The number of carboxylic acids is 1. The average molecular weight is 299 g/mol. The average Bonchev–Trinajstić information content (AvgIpc) is 2.87. The molecule has 0 aliphatic heterocycles. The van der Waals surface area contributed by atoms with Gasteiger partial charge in [-0.15, -0.1) is 11.3 Å². The third-order valence-electron chi connectivity index (χ3n) is 2.84. The van der Waals surface area contributed by atoms with Gasteiger partial charge in [-0.1, -0.05) is 0 Å². The Kier molecular flexibility index (Phi) is 6.44. The summed E-state index contributed by atoms with van der Waals surface area (Å²) < 4.78 is 0. The first kappa shape index (κ1) is 16.4. The van der Waals surface area contributed by atoms with E-state index in [0.717, 1.165) is 5.01 Å². The summed E-state index contributed by atoms with van der Waals surface area (Å²) in [4.78, 5) is 28.6. The van der Waals surface area contributed by atoms with Crippen molar-refractivity contribution < 1.29 is 14.7 Å². The van der Waals surface area contributed by atoms with Gasteiger partial charge in [0, 0.05) is 30.6 Å². The molecule has 112 valence electrons. The van der Waals surface area contributed by atoms with E-state index in [2.05, 4.69) is 10.3 Å². The lowest BCUT2D eigenvalue weighted by Gasteiger charge is -2.28. The number of hydrogen-bond acceptors (Lipinski definition) is 4. The molecule has 6 nitrogen and oxygen atoms in total. The topological polar surface area (TPSA) is 82.5 Å². The lowest BCUT2D eigenvalue weighted by molar-refractivity contribution is -0.137. The van der Waals surface area contributed by atoms with Crippen molar-refractivity contribution in [1.29, 1.82) is 0 Å². The van der Waals surface area contributed by atoms with Crippen molar-refractivity contribution in [3.05, 3.63) is 16.6 Å². The predicted octanol–water partition coefficient (Wildman–Crippen LogP) is 2.49. The van der Waals surface area contributed by atoms with Crippen LogP contribution in [0.3, 0.4) is 0 Å². The fourth-order valence-electron chi connectivity index (χ4n) is 1.77. The molecule has 2 N–H and O–H groups in total. The third-order valence-corrected chi connectivity index (χ3v) is 3.79. The van der Waals surface area contributed by atoms with Gasteiger partial charge in [-0.05, 0) is 27.2 Å². The van der Waals surface area contributed by atoms with Crippen molar-refractivity contribution in [2.24, 2.45) is 0 Å². The highest BCUT2D eigenvalue weighted by molar-refractivity contribution is 7.09. The second-order valence-electron chi connectivity index (χ2n) is 4.83. The first-order valence-electron chi connectivity index (χ1n) is 6.60. The zero-order chi connectivity index (χ0) is 15.1. The number of nitrogens with one attached hydrogen (secondary N) is 1. The molecule has 2 amide bonds. The van der Waals surface area contributed by atoms with Crippen molar-refractivity contribution in [3.8, 4) is 0 Å². The summed E-state index contributed by atoms with van der Waals surface area (Å²) in [6.45, 7) is 6.13. The van der Waals surface area contributed by atoms with E-state index in [1.807, 2.05) is 26.2 Å². The van der Waals surface area contributed by atoms with Crippen LogP contribution >= 0.6 is 11.3 Å². The molecule has 0 fully saturated rings. The maximum Gasteiger partial charge on any atom is 0.318 e. The van der Waals surface area contributed by atoms with E-state index in [0.29, 0.717) is 13.0 Å². The van der Waals surface area contributed by atoms with E-state index in [4.69, 9.17) is 5.11 Å². The third kappa shape index (κ3) is 5.16. The maximum absolute atomic E-state index is 12.2. The molecule has 1 aromatic heterocycles. The minimum atomic E-state index is -0.842. The summed E-state index contributed by atoms with van der Waals surface area (Å²) in [5, 5.41) is 14.3. The van der Waals surface area contributed by atoms with E-state index < -0.39 is 5.97 Å². The molecule has 0 saturated heterocycles. The highest BCUT2D eigenvalue weighted by Gasteiger charge is 2.20. The normalized spacial score (nSPS) is 12.2. The van der Waals surface area contributed by atoms with Gasteiger partial charge in [-0.2, -0.15) is 0 Å². The van der Waals surface area contributed by atoms with Crippen LogP contribution in [-0.2, 0) is 4.79 Å². The molecule has 1 atom stereocenters. The van der Waals surface area contributed by atoms with Gasteiger partial charge in [-0.25, -0.2) is 9.78 Å². The van der Waals surface area contributed by atoms with Gasteiger partial charge in [0.25, 0.3) is 0 Å². The Bertz CT molecular complexity index is 434. The van der Waals surface area contributed by atoms with Gasteiger partial charge in [-0.3, -0.25) is 4.79 Å². The molecule has 1 heterocycles. The SMILES string of the molecule is CC(NC(=O)N(CCCC(=O)O)C(C)C)c1nccs1. The van der Waals surface area contributed by atoms with Crippen molar-refractivity contribution in [2.45, 2.75) is 45.7 Å². The lowest BCUT2D eigenvalue weighted by atomic mass is 10.2. The van der Waals surface area contributed by atoms with Gasteiger partial charge < -0.3 is 15.3 Å². The van der Waals surface area contributed by atoms with Crippen molar-refractivity contribution in [1.82, 2.24) is 15.2 Å². The number of aromatic nitrogens is 1.